The van der Waals surface area contributed by atoms with E-state index in [-0.39, 0.29) is 12.6 Å². The van der Waals surface area contributed by atoms with Gasteiger partial charge in [-0.05, 0) is 24.6 Å². The van der Waals surface area contributed by atoms with E-state index in [4.69, 9.17) is 0 Å². The number of rotatable bonds is 4. The van der Waals surface area contributed by atoms with Crippen LogP contribution in [0.25, 0.3) is 0 Å². The predicted octanol–water partition coefficient (Wildman–Crippen LogP) is 1.36. The van der Waals surface area contributed by atoms with Gasteiger partial charge in [0.2, 0.25) is 0 Å². The van der Waals surface area contributed by atoms with Crippen LogP contribution in [0.3, 0.4) is 0 Å². The molecular weight excluding hydrogens is 224 g/mol. The lowest BCUT2D eigenvalue weighted by molar-refractivity contribution is 0.0540. The van der Waals surface area contributed by atoms with Crippen LogP contribution in [0.5, 0.6) is 0 Å². The van der Waals surface area contributed by atoms with Crippen molar-refractivity contribution < 1.29 is 5.11 Å². The largest absolute Gasteiger partial charge is 0.395 e. The minimum atomic E-state index is 0.252. The second-order valence-corrected chi connectivity index (χ2v) is 5.23. The van der Waals surface area contributed by atoms with Crippen molar-refractivity contribution in [2.24, 2.45) is 0 Å². The van der Waals surface area contributed by atoms with Gasteiger partial charge in [0.25, 0.3) is 0 Å². The Balaban J connectivity index is 1.96. The topological polar surface area (TPSA) is 26.7 Å². The van der Waals surface area contributed by atoms with E-state index in [0.717, 1.165) is 32.6 Å². The summed E-state index contributed by atoms with van der Waals surface area (Å²) in [5.41, 5.74) is 2.79. The highest BCUT2D eigenvalue weighted by molar-refractivity contribution is 5.23. The van der Waals surface area contributed by atoms with Crippen molar-refractivity contribution in [3.05, 3.63) is 35.4 Å². The van der Waals surface area contributed by atoms with Gasteiger partial charge in [-0.2, -0.15) is 0 Å². The van der Waals surface area contributed by atoms with Crippen LogP contribution < -0.4 is 0 Å². The number of aliphatic hydroxyl groups is 1. The number of likely N-dealkylation sites (N-methyl/N-ethyl adjacent to an activating group) is 1. The average molecular weight is 248 g/mol. The van der Waals surface area contributed by atoms with Gasteiger partial charge in [0.1, 0.15) is 0 Å². The van der Waals surface area contributed by atoms with Crippen LogP contribution in [0, 0.1) is 0 Å². The summed E-state index contributed by atoms with van der Waals surface area (Å²) in [7, 11) is 2.09. The molecule has 1 heterocycles. The fourth-order valence-electron chi connectivity index (χ4n) is 2.56. The molecule has 0 saturated carbocycles. The van der Waals surface area contributed by atoms with Gasteiger partial charge in [0, 0.05) is 32.2 Å². The maximum atomic E-state index is 9.36. The third-order valence-corrected chi connectivity index (χ3v) is 3.88. The quantitative estimate of drug-likeness (QED) is 0.871. The van der Waals surface area contributed by atoms with E-state index in [1.807, 2.05) is 0 Å². The highest BCUT2D eigenvalue weighted by Crippen LogP contribution is 2.13. The molecule has 0 amide bonds. The molecule has 1 N–H and O–H groups in total. The number of aliphatic hydroxyl groups excluding tert-OH is 1. The average Bonchev–Trinajstić information content (AvgIpc) is 2.41. The van der Waals surface area contributed by atoms with Crippen LogP contribution in [0.15, 0.2) is 24.3 Å². The lowest BCUT2D eigenvalue weighted by Gasteiger charge is -2.38. The number of aryl methyl sites for hydroxylation is 1. The molecule has 2 rings (SSSR count). The molecular formula is C15H24N2O. The number of hydrogen-bond donors (Lipinski definition) is 1. The van der Waals surface area contributed by atoms with Crippen molar-refractivity contribution in [2.45, 2.75) is 25.9 Å². The van der Waals surface area contributed by atoms with E-state index < -0.39 is 0 Å². The molecule has 100 valence electrons. The molecule has 0 aromatic heterocycles. The Morgan fingerprint density at radius 2 is 2.06 bits per heavy atom. The maximum Gasteiger partial charge on any atom is 0.0599 e. The van der Waals surface area contributed by atoms with Crippen molar-refractivity contribution in [1.29, 1.82) is 0 Å². The van der Waals surface area contributed by atoms with Gasteiger partial charge >= 0.3 is 0 Å². The predicted molar refractivity (Wildman–Crippen MR) is 74.6 cm³/mol. The fourth-order valence-corrected chi connectivity index (χ4v) is 2.56. The first kappa shape index (κ1) is 13.5. The van der Waals surface area contributed by atoms with Gasteiger partial charge in [-0.25, -0.2) is 0 Å². The van der Waals surface area contributed by atoms with E-state index in [2.05, 4.69) is 48.0 Å². The molecule has 1 saturated heterocycles. The zero-order chi connectivity index (χ0) is 13.0. The van der Waals surface area contributed by atoms with E-state index in [0.29, 0.717) is 0 Å². The minimum absolute atomic E-state index is 0.252. The minimum Gasteiger partial charge on any atom is -0.395 e. The van der Waals surface area contributed by atoms with Gasteiger partial charge in [-0.15, -0.1) is 0 Å². The maximum absolute atomic E-state index is 9.36. The summed E-state index contributed by atoms with van der Waals surface area (Å²) in [6, 6.07) is 9.11. The fraction of sp³-hybridized carbons (Fsp3) is 0.600. The van der Waals surface area contributed by atoms with E-state index >= 15 is 0 Å². The molecule has 0 spiro atoms. The Morgan fingerprint density at radius 3 is 2.78 bits per heavy atom. The first-order valence-electron chi connectivity index (χ1n) is 6.84. The van der Waals surface area contributed by atoms with Gasteiger partial charge in [0.05, 0.1) is 6.61 Å². The van der Waals surface area contributed by atoms with Crippen LogP contribution in [0.2, 0.25) is 0 Å². The first-order chi connectivity index (χ1) is 8.72. The van der Waals surface area contributed by atoms with E-state index in [1.54, 1.807) is 0 Å². The van der Waals surface area contributed by atoms with Gasteiger partial charge in [-0.3, -0.25) is 9.80 Å². The van der Waals surface area contributed by atoms with Gasteiger partial charge < -0.3 is 5.11 Å². The van der Waals surface area contributed by atoms with Crippen molar-refractivity contribution in [1.82, 2.24) is 9.80 Å². The summed E-state index contributed by atoms with van der Waals surface area (Å²) in [5.74, 6) is 0. The number of benzene rings is 1. The number of nitrogens with zero attached hydrogens (tertiary/aromatic N) is 2. The Bertz CT molecular complexity index is 381. The Labute approximate surface area is 110 Å². The SMILES string of the molecule is CCc1cccc(CN2CCN(C)C(CO)C2)c1. The summed E-state index contributed by atoms with van der Waals surface area (Å²) < 4.78 is 0. The molecule has 1 aliphatic heterocycles. The summed E-state index contributed by atoms with van der Waals surface area (Å²) in [6.07, 6.45) is 1.09. The summed E-state index contributed by atoms with van der Waals surface area (Å²) >= 11 is 0. The van der Waals surface area contributed by atoms with Crippen LogP contribution in [-0.2, 0) is 13.0 Å². The molecule has 3 nitrogen and oxygen atoms in total. The van der Waals surface area contributed by atoms with E-state index in [9.17, 15) is 5.11 Å². The van der Waals surface area contributed by atoms with E-state index in [1.165, 1.54) is 11.1 Å². The van der Waals surface area contributed by atoms with Crippen molar-refractivity contribution in [3.63, 3.8) is 0 Å². The molecule has 1 fully saturated rings. The lowest BCUT2D eigenvalue weighted by atomic mass is 10.1. The molecule has 0 bridgehead atoms. The van der Waals surface area contributed by atoms with Crippen LogP contribution >= 0.6 is 0 Å². The standard InChI is InChI=1S/C15H24N2O/c1-3-13-5-4-6-14(9-13)10-17-8-7-16(2)15(11-17)12-18/h4-6,9,15,18H,3,7-8,10-12H2,1-2H3. The first-order valence-corrected chi connectivity index (χ1v) is 6.84. The molecule has 1 unspecified atom stereocenters. The normalized spacial score (nSPS) is 22.3. The zero-order valence-electron chi connectivity index (χ0n) is 11.5. The summed E-state index contributed by atoms with van der Waals surface area (Å²) in [6.45, 7) is 6.53. The highest BCUT2D eigenvalue weighted by atomic mass is 16.3. The third-order valence-electron chi connectivity index (χ3n) is 3.88. The smallest absolute Gasteiger partial charge is 0.0599 e. The molecule has 1 aliphatic rings. The number of hydrogen-bond acceptors (Lipinski definition) is 3. The molecule has 1 aromatic rings. The molecule has 0 aliphatic carbocycles. The molecule has 18 heavy (non-hydrogen) atoms. The Morgan fingerprint density at radius 1 is 1.28 bits per heavy atom. The summed E-state index contributed by atoms with van der Waals surface area (Å²) in [4.78, 5) is 4.69. The molecule has 1 atom stereocenters. The number of piperazine rings is 1. The van der Waals surface area contributed by atoms with Crippen molar-refractivity contribution >= 4 is 0 Å². The third kappa shape index (κ3) is 3.31. The molecule has 0 radical (unpaired) electrons. The Hall–Kier alpha value is -0.900. The second-order valence-electron chi connectivity index (χ2n) is 5.23. The molecule has 3 heteroatoms. The van der Waals surface area contributed by atoms with Crippen molar-refractivity contribution in [3.8, 4) is 0 Å². The van der Waals surface area contributed by atoms with Gasteiger partial charge in [0.15, 0.2) is 0 Å². The van der Waals surface area contributed by atoms with Crippen LogP contribution in [0.1, 0.15) is 18.1 Å². The van der Waals surface area contributed by atoms with Gasteiger partial charge in [-0.1, -0.05) is 31.2 Å². The molecule has 1 aromatic carbocycles. The van der Waals surface area contributed by atoms with Crippen molar-refractivity contribution in [2.75, 3.05) is 33.3 Å². The zero-order valence-corrected chi connectivity index (χ0v) is 11.5. The lowest BCUT2D eigenvalue weighted by Crippen LogP contribution is -2.52. The second kappa shape index (κ2) is 6.32. The highest BCUT2D eigenvalue weighted by Gasteiger charge is 2.23. The Kier molecular flexibility index (Phi) is 4.75. The monoisotopic (exact) mass is 248 g/mol. The summed E-state index contributed by atoms with van der Waals surface area (Å²) in [5, 5.41) is 9.36. The van der Waals surface area contributed by atoms with Crippen LogP contribution in [-0.4, -0.2) is 54.2 Å². The van der Waals surface area contributed by atoms with Crippen LogP contribution in [0.4, 0.5) is 0 Å².